The van der Waals surface area contributed by atoms with Crippen molar-refractivity contribution in [2.45, 2.75) is 37.8 Å². The fraction of sp³-hybridized carbons (Fsp3) is 0.500. The monoisotopic (exact) mass is 345 g/mol. The molecule has 130 valence electrons. The number of rotatable bonds is 4. The van der Waals surface area contributed by atoms with E-state index < -0.39 is 18.8 Å². The van der Waals surface area contributed by atoms with E-state index in [0.717, 1.165) is 5.56 Å². The maximum Gasteiger partial charge on any atom is 0.409 e. The van der Waals surface area contributed by atoms with Gasteiger partial charge >= 0.3 is 6.18 Å². The van der Waals surface area contributed by atoms with Crippen LogP contribution in [-0.4, -0.2) is 49.0 Å². The molecule has 0 aliphatic carbocycles. The number of β-amino-alcohol motifs (C(OH)–C–C–N with tert-alkyl or cyclic N) is 1. The number of benzene rings is 1. The minimum absolute atomic E-state index is 0.139. The molecule has 0 unspecified atom stereocenters. The summed E-state index contributed by atoms with van der Waals surface area (Å²) >= 11 is 0. The zero-order valence-corrected chi connectivity index (χ0v) is 12.5. The van der Waals surface area contributed by atoms with Gasteiger partial charge < -0.3 is 5.11 Å². The molecule has 1 saturated heterocycles. The Balaban J connectivity index is 1.72. The molecule has 2 heterocycles. The van der Waals surface area contributed by atoms with E-state index in [1.807, 2.05) is 4.90 Å². The van der Waals surface area contributed by atoms with E-state index in [-0.39, 0.29) is 24.2 Å². The molecule has 1 N–H and O–H groups in total. The Morgan fingerprint density at radius 3 is 2.58 bits per heavy atom. The van der Waals surface area contributed by atoms with Gasteiger partial charge in [0.15, 0.2) is 12.4 Å². The Bertz CT molecular complexity index is 687. The second-order valence-electron chi connectivity index (χ2n) is 5.74. The molecule has 24 heavy (non-hydrogen) atoms. The normalized spacial score (nSPS) is 22.2. The molecular weight excluding hydrogens is 330 g/mol. The molecule has 0 bridgehead atoms. The van der Waals surface area contributed by atoms with Gasteiger partial charge in [-0.2, -0.15) is 18.0 Å². The Hall–Kier alpha value is -2.07. The summed E-state index contributed by atoms with van der Waals surface area (Å²) in [6.45, 7) is -0.823. The fourth-order valence-electron chi connectivity index (χ4n) is 2.83. The lowest BCUT2D eigenvalue weighted by atomic mass is 10.0. The first-order valence-corrected chi connectivity index (χ1v) is 7.31. The Morgan fingerprint density at radius 2 is 1.92 bits per heavy atom. The van der Waals surface area contributed by atoms with Crippen LogP contribution in [0.1, 0.15) is 23.9 Å². The third-order valence-electron chi connectivity index (χ3n) is 3.80. The van der Waals surface area contributed by atoms with Crippen LogP contribution < -0.4 is 0 Å². The van der Waals surface area contributed by atoms with E-state index in [2.05, 4.69) is 15.4 Å². The fourth-order valence-corrected chi connectivity index (χ4v) is 2.83. The third kappa shape index (κ3) is 4.06. The van der Waals surface area contributed by atoms with Gasteiger partial charge in [0.2, 0.25) is 0 Å². The number of alkyl halides is 3. The van der Waals surface area contributed by atoms with Gasteiger partial charge in [0.1, 0.15) is 5.82 Å². The Kier molecular flexibility index (Phi) is 4.50. The van der Waals surface area contributed by atoms with Crippen molar-refractivity contribution in [1.82, 2.24) is 25.1 Å². The van der Waals surface area contributed by atoms with E-state index in [1.165, 1.54) is 12.1 Å². The maximum atomic E-state index is 13.0. The first-order valence-electron chi connectivity index (χ1n) is 7.31. The molecule has 0 saturated carbocycles. The number of hydrogen-bond donors (Lipinski definition) is 1. The van der Waals surface area contributed by atoms with E-state index >= 15 is 0 Å². The third-order valence-corrected chi connectivity index (χ3v) is 3.80. The summed E-state index contributed by atoms with van der Waals surface area (Å²) in [5, 5.41) is 20.6. The molecule has 0 radical (unpaired) electrons. The minimum atomic E-state index is -4.42. The summed E-state index contributed by atoms with van der Waals surface area (Å²) in [7, 11) is 0. The zero-order valence-electron chi connectivity index (χ0n) is 12.5. The summed E-state index contributed by atoms with van der Waals surface area (Å²) in [5.74, 6) is -0.221. The number of aliphatic hydroxyl groups is 1. The molecule has 0 amide bonds. The highest BCUT2D eigenvalue weighted by Crippen LogP contribution is 2.33. The van der Waals surface area contributed by atoms with E-state index in [0.29, 0.717) is 17.8 Å². The number of halogens is 4. The smallest absolute Gasteiger partial charge is 0.392 e. The molecule has 3 rings (SSSR count). The van der Waals surface area contributed by atoms with Gasteiger partial charge in [0, 0.05) is 12.6 Å². The highest BCUT2D eigenvalue weighted by Gasteiger charge is 2.33. The molecule has 0 spiro atoms. The van der Waals surface area contributed by atoms with Crippen molar-refractivity contribution in [3.8, 4) is 0 Å². The van der Waals surface area contributed by atoms with Gasteiger partial charge in [-0.3, -0.25) is 4.90 Å². The van der Waals surface area contributed by atoms with Gasteiger partial charge in [-0.05, 0) is 29.3 Å². The van der Waals surface area contributed by atoms with Crippen molar-refractivity contribution in [3.05, 3.63) is 41.5 Å². The van der Waals surface area contributed by atoms with Gasteiger partial charge in [0.05, 0.1) is 12.6 Å². The second-order valence-corrected chi connectivity index (χ2v) is 5.74. The van der Waals surface area contributed by atoms with Crippen LogP contribution in [0.4, 0.5) is 17.6 Å². The molecular formula is C14H15F4N5O. The highest BCUT2D eigenvalue weighted by molar-refractivity contribution is 5.21. The first-order chi connectivity index (χ1) is 11.3. The maximum absolute atomic E-state index is 13.0. The number of tetrazole rings is 1. The number of aliphatic hydroxyl groups excluding tert-OH is 1. The first kappa shape index (κ1) is 16.8. The lowest BCUT2D eigenvalue weighted by molar-refractivity contribution is -0.145. The number of hydrogen-bond acceptors (Lipinski definition) is 5. The topological polar surface area (TPSA) is 67.1 Å². The predicted octanol–water partition coefficient (Wildman–Crippen LogP) is 1.68. The van der Waals surface area contributed by atoms with Crippen molar-refractivity contribution in [2.24, 2.45) is 0 Å². The zero-order chi connectivity index (χ0) is 17.3. The standard InChI is InChI=1S/C14H15F4N5O/c15-10-3-1-9(2-4-10)12-5-11(24)6-22(12)7-13-19-21-23(20-13)8-14(16,17)18/h1-4,11-12,24H,5-8H2/t11-,12+/m1/s1. The van der Waals surface area contributed by atoms with Crippen LogP contribution in [0.2, 0.25) is 0 Å². The summed E-state index contributed by atoms with van der Waals surface area (Å²) < 4.78 is 50.0. The van der Waals surface area contributed by atoms with Crippen molar-refractivity contribution in [3.63, 3.8) is 0 Å². The van der Waals surface area contributed by atoms with Crippen LogP contribution in [-0.2, 0) is 13.1 Å². The van der Waals surface area contributed by atoms with Crippen LogP contribution in [0.5, 0.6) is 0 Å². The number of likely N-dealkylation sites (tertiary alicyclic amines) is 1. The largest absolute Gasteiger partial charge is 0.409 e. The Labute approximate surface area is 134 Å². The van der Waals surface area contributed by atoms with Crippen LogP contribution in [0, 0.1) is 5.82 Å². The van der Waals surface area contributed by atoms with Crippen LogP contribution in [0.15, 0.2) is 24.3 Å². The molecule has 1 aromatic carbocycles. The summed E-state index contributed by atoms with van der Waals surface area (Å²) in [5.41, 5.74) is 0.815. The molecule has 6 nitrogen and oxygen atoms in total. The van der Waals surface area contributed by atoms with Crippen molar-refractivity contribution in [1.29, 1.82) is 0 Å². The van der Waals surface area contributed by atoms with Gasteiger partial charge in [-0.1, -0.05) is 12.1 Å². The van der Waals surface area contributed by atoms with E-state index in [9.17, 15) is 22.7 Å². The lowest BCUT2D eigenvalue weighted by Gasteiger charge is -2.22. The summed E-state index contributed by atoms with van der Waals surface area (Å²) in [6, 6.07) is 5.72. The average Bonchev–Trinajstić information content (AvgIpc) is 3.05. The molecule has 2 atom stereocenters. The van der Waals surface area contributed by atoms with Crippen LogP contribution >= 0.6 is 0 Å². The molecule has 2 aromatic rings. The summed E-state index contributed by atoms with van der Waals surface area (Å²) in [6.07, 6.45) is -4.55. The SMILES string of the molecule is O[C@@H]1C[C@@H](c2ccc(F)cc2)N(Cc2nnn(CC(F)(F)F)n2)C1. The number of nitrogens with zero attached hydrogens (tertiary/aromatic N) is 5. The highest BCUT2D eigenvalue weighted by atomic mass is 19.4. The van der Waals surface area contributed by atoms with E-state index in [1.54, 1.807) is 12.1 Å². The van der Waals surface area contributed by atoms with E-state index in [4.69, 9.17) is 0 Å². The molecule has 1 fully saturated rings. The molecule has 1 aromatic heterocycles. The Morgan fingerprint density at radius 1 is 1.21 bits per heavy atom. The van der Waals surface area contributed by atoms with Gasteiger partial charge in [-0.15, -0.1) is 10.2 Å². The molecule has 1 aliphatic rings. The van der Waals surface area contributed by atoms with Crippen molar-refractivity contribution < 1.29 is 22.7 Å². The quantitative estimate of drug-likeness (QED) is 0.854. The molecule has 1 aliphatic heterocycles. The van der Waals surface area contributed by atoms with Crippen LogP contribution in [0.25, 0.3) is 0 Å². The van der Waals surface area contributed by atoms with Crippen molar-refractivity contribution >= 4 is 0 Å². The summed E-state index contributed by atoms with van der Waals surface area (Å²) in [4.78, 5) is 2.33. The van der Waals surface area contributed by atoms with Crippen LogP contribution in [0.3, 0.4) is 0 Å². The van der Waals surface area contributed by atoms with Gasteiger partial charge in [0.25, 0.3) is 0 Å². The average molecular weight is 345 g/mol. The lowest BCUT2D eigenvalue weighted by Crippen LogP contribution is -2.25. The minimum Gasteiger partial charge on any atom is -0.392 e. The second kappa shape index (κ2) is 6.44. The van der Waals surface area contributed by atoms with Gasteiger partial charge in [-0.25, -0.2) is 4.39 Å². The van der Waals surface area contributed by atoms with Crippen molar-refractivity contribution in [2.75, 3.05) is 6.54 Å². The predicted molar refractivity (Wildman–Crippen MR) is 74.0 cm³/mol. The number of aromatic nitrogens is 4. The molecule has 10 heteroatoms.